The van der Waals surface area contributed by atoms with Crippen LogP contribution in [-0.2, 0) is 0 Å². The van der Waals surface area contributed by atoms with Gasteiger partial charge < -0.3 is 0 Å². The Morgan fingerprint density at radius 1 is 1.17 bits per heavy atom. The van der Waals surface area contributed by atoms with Crippen molar-refractivity contribution in [2.75, 3.05) is 6.67 Å². The average molecular weight is 192 g/mol. The summed E-state index contributed by atoms with van der Waals surface area (Å²) >= 11 is 0. The minimum absolute atomic E-state index is 0.403. The second-order valence-corrected chi connectivity index (χ2v) is 1.48. The summed E-state index contributed by atoms with van der Waals surface area (Å²) in [5.41, 5.74) is 0. The van der Waals surface area contributed by atoms with Gasteiger partial charge in [0.2, 0.25) is 0 Å². The summed E-state index contributed by atoms with van der Waals surface area (Å²) < 4.78 is 64.6. The SMILES string of the molecule is CC(F)=C(F)F.F/C=C(/F)CF. The minimum Gasteiger partial charge on any atom is -0.243 e. The van der Waals surface area contributed by atoms with Crippen molar-refractivity contribution in [1.29, 1.82) is 0 Å². The molecule has 0 aliphatic rings. The van der Waals surface area contributed by atoms with E-state index < -0.39 is 30.7 Å². The van der Waals surface area contributed by atoms with Crippen molar-refractivity contribution in [3.8, 4) is 0 Å². The van der Waals surface area contributed by atoms with Crippen LogP contribution in [0.15, 0.2) is 24.1 Å². The van der Waals surface area contributed by atoms with Crippen molar-refractivity contribution >= 4 is 0 Å². The summed E-state index contributed by atoms with van der Waals surface area (Å²) in [4.78, 5) is 0. The van der Waals surface area contributed by atoms with Gasteiger partial charge in [-0.25, -0.2) is 17.6 Å². The van der Waals surface area contributed by atoms with Crippen LogP contribution in [0.3, 0.4) is 0 Å². The van der Waals surface area contributed by atoms with E-state index in [0.717, 1.165) is 0 Å². The second-order valence-electron chi connectivity index (χ2n) is 1.48. The fourth-order valence-electron chi connectivity index (χ4n) is 0.0292. The number of allylic oxidation sites excluding steroid dienone is 2. The Bertz CT molecular complexity index is 153. The molecule has 0 aliphatic heterocycles. The molecule has 0 aromatic rings. The second kappa shape index (κ2) is 8.16. The molecule has 0 amide bonds. The molecular weight excluding hydrogens is 186 g/mol. The quantitative estimate of drug-likeness (QED) is 0.554. The summed E-state index contributed by atoms with van der Waals surface area (Å²) in [7, 11) is 0. The highest BCUT2D eigenvalue weighted by Crippen LogP contribution is 2.05. The predicted octanol–water partition coefficient (Wildman–Crippen LogP) is 3.82. The Hall–Kier alpha value is -0.940. The lowest BCUT2D eigenvalue weighted by Gasteiger charge is -1.74. The lowest BCUT2D eigenvalue weighted by atomic mass is 10.7. The monoisotopic (exact) mass is 192 g/mol. The van der Waals surface area contributed by atoms with Crippen molar-refractivity contribution < 1.29 is 26.3 Å². The highest BCUT2D eigenvalue weighted by Gasteiger charge is 1.92. The van der Waals surface area contributed by atoms with Crippen molar-refractivity contribution in [3.63, 3.8) is 0 Å². The first-order chi connectivity index (χ1) is 5.45. The summed E-state index contributed by atoms with van der Waals surface area (Å²) in [6.07, 6.45) is -2.64. The fourth-order valence-corrected chi connectivity index (χ4v) is 0.0292. The number of hydrogen-bond donors (Lipinski definition) is 0. The highest BCUT2D eigenvalue weighted by molar-refractivity contribution is 4.84. The summed E-state index contributed by atoms with van der Waals surface area (Å²) in [5.74, 6) is -2.77. The van der Waals surface area contributed by atoms with Crippen LogP contribution >= 0.6 is 0 Å². The zero-order chi connectivity index (χ0) is 10.1. The van der Waals surface area contributed by atoms with Crippen LogP contribution in [0, 0.1) is 0 Å². The molecule has 0 heterocycles. The molecule has 12 heavy (non-hydrogen) atoms. The molecule has 72 valence electrons. The molecule has 0 rings (SSSR count). The van der Waals surface area contributed by atoms with Crippen molar-refractivity contribution in [2.45, 2.75) is 6.92 Å². The molecule has 0 unspecified atom stereocenters. The van der Waals surface area contributed by atoms with Crippen molar-refractivity contribution in [3.05, 3.63) is 24.1 Å². The third-order valence-electron chi connectivity index (χ3n) is 0.506. The molecule has 0 fully saturated rings. The Balaban J connectivity index is 0. The molecule has 6 heteroatoms. The zero-order valence-corrected chi connectivity index (χ0v) is 6.05. The maximum absolute atomic E-state index is 11.0. The van der Waals surface area contributed by atoms with Gasteiger partial charge in [0, 0.05) is 0 Å². The van der Waals surface area contributed by atoms with E-state index in [4.69, 9.17) is 0 Å². The molecule has 0 nitrogen and oxygen atoms in total. The number of hydrogen-bond acceptors (Lipinski definition) is 0. The van der Waals surface area contributed by atoms with Crippen molar-refractivity contribution in [2.24, 2.45) is 0 Å². The molecule has 0 aromatic carbocycles. The maximum atomic E-state index is 11.0. The van der Waals surface area contributed by atoms with Gasteiger partial charge in [-0.05, 0) is 6.92 Å². The Morgan fingerprint density at radius 2 is 1.50 bits per heavy atom. The van der Waals surface area contributed by atoms with E-state index in [1.165, 1.54) is 0 Å². The Kier molecular flexibility index (Phi) is 9.27. The lowest BCUT2D eigenvalue weighted by Crippen LogP contribution is -1.68. The van der Waals surface area contributed by atoms with Gasteiger partial charge in [0.05, 0.1) is 0 Å². The molecule has 0 N–H and O–H groups in total. The predicted molar refractivity (Wildman–Crippen MR) is 32.3 cm³/mol. The van der Waals surface area contributed by atoms with Gasteiger partial charge in [-0.1, -0.05) is 0 Å². The lowest BCUT2D eigenvalue weighted by molar-refractivity contribution is 0.380. The average Bonchev–Trinajstić information content (AvgIpc) is 2.04. The third-order valence-corrected chi connectivity index (χ3v) is 0.506. The smallest absolute Gasteiger partial charge is 0.243 e. The van der Waals surface area contributed by atoms with Crippen LogP contribution in [0.2, 0.25) is 0 Å². The van der Waals surface area contributed by atoms with Gasteiger partial charge in [-0.3, -0.25) is 0 Å². The maximum Gasteiger partial charge on any atom is 0.301 e. The number of halogens is 6. The Morgan fingerprint density at radius 3 is 1.50 bits per heavy atom. The van der Waals surface area contributed by atoms with Crippen LogP contribution in [0.4, 0.5) is 26.3 Å². The molecule has 0 aliphatic carbocycles. The largest absolute Gasteiger partial charge is 0.301 e. The van der Waals surface area contributed by atoms with E-state index in [1.54, 1.807) is 0 Å². The van der Waals surface area contributed by atoms with Gasteiger partial charge in [0.25, 0.3) is 0 Å². The third kappa shape index (κ3) is 11.8. The molecule has 0 saturated heterocycles. The van der Waals surface area contributed by atoms with Crippen molar-refractivity contribution in [1.82, 2.24) is 0 Å². The molecule has 0 saturated carbocycles. The van der Waals surface area contributed by atoms with Crippen LogP contribution in [0.1, 0.15) is 6.92 Å². The van der Waals surface area contributed by atoms with Crippen LogP contribution in [0.25, 0.3) is 0 Å². The number of alkyl halides is 1. The van der Waals surface area contributed by atoms with Crippen LogP contribution in [0.5, 0.6) is 0 Å². The van der Waals surface area contributed by atoms with Crippen LogP contribution < -0.4 is 0 Å². The van der Waals surface area contributed by atoms with Crippen LogP contribution in [-0.4, -0.2) is 6.67 Å². The molecule has 0 aromatic heterocycles. The summed E-state index contributed by atoms with van der Waals surface area (Å²) in [6, 6.07) is 0. The molecule has 0 atom stereocenters. The number of rotatable bonds is 1. The van der Waals surface area contributed by atoms with E-state index in [9.17, 15) is 26.3 Å². The fraction of sp³-hybridized carbons (Fsp3) is 0.333. The van der Waals surface area contributed by atoms with E-state index in [2.05, 4.69) is 0 Å². The topological polar surface area (TPSA) is 0 Å². The minimum atomic E-state index is -2.24. The highest BCUT2D eigenvalue weighted by atomic mass is 19.3. The Labute approximate surface area is 65.2 Å². The molecule has 0 bridgehead atoms. The standard InChI is InChI=1S/2C3H3F3/c4-1-3(6)2-5;1-2(4)3(5)6/h1H,2H2;1H3/b3-1+;. The zero-order valence-electron chi connectivity index (χ0n) is 6.05. The normalized spacial score (nSPS) is 10.1. The van der Waals surface area contributed by atoms with Gasteiger partial charge in [-0.2, -0.15) is 8.78 Å². The van der Waals surface area contributed by atoms with E-state index >= 15 is 0 Å². The van der Waals surface area contributed by atoms with Gasteiger partial charge in [0.1, 0.15) is 13.0 Å². The van der Waals surface area contributed by atoms with Gasteiger partial charge >= 0.3 is 6.08 Å². The molecular formula is C6H6F6. The van der Waals surface area contributed by atoms with Gasteiger partial charge in [0.15, 0.2) is 11.7 Å². The summed E-state index contributed by atoms with van der Waals surface area (Å²) in [5, 5.41) is 0. The first-order valence-electron chi connectivity index (χ1n) is 2.63. The first-order valence-corrected chi connectivity index (χ1v) is 2.63. The van der Waals surface area contributed by atoms with E-state index in [-0.39, 0.29) is 0 Å². The van der Waals surface area contributed by atoms with E-state index in [1.807, 2.05) is 0 Å². The first kappa shape index (κ1) is 13.6. The summed E-state index contributed by atoms with van der Waals surface area (Å²) in [6.45, 7) is -0.647. The molecule has 0 radical (unpaired) electrons. The van der Waals surface area contributed by atoms with Gasteiger partial charge in [-0.15, -0.1) is 0 Å². The van der Waals surface area contributed by atoms with E-state index in [0.29, 0.717) is 6.92 Å². The molecule has 0 spiro atoms.